The fourth-order valence-electron chi connectivity index (χ4n) is 4.46. The average molecular weight is 448 g/mol. The van der Waals surface area contributed by atoms with Gasteiger partial charge in [-0.3, -0.25) is 4.79 Å². The van der Waals surface area contributed by atoms with E-state index in [2.05, 4.69) is 35.8 Å². The molecule has 2 aromatic rings. The minimum Gasteiger partial charge on any atom is -0.451 e. The smallest absolute Gasteiger partial charge is 0.349 e. The molecule has 2 heterocycles. The van der Waals surface area contributed by atoms with Gasteiger partial charge in [0.05, 0.1) is 0 Å². The summed E-state index contributed by atoms with van der Waals surface area (Å²) in [5, 5.41) is 9.47. The summed E-state index contributed by atoms with van der Waals surface area (Å²) < 4.78 is 7.37. The maximum absolute atomic E-state index is 12.6. The molecule has 33 heavy (non-hydrogen) atoms. The van der Waals surface area contributed by atoms with E-state index in [9.17, 15) is 14.9 Å². The molecule has 0 atom stereocenters. The lowest BCUT2D eigenvalue weighted by Gasteiger charge is -2.32. The molecule has 1 amide bonds. The maximum atomic E-state index is 12.6. The van der Waals surface area contributed by atoms with Crippen molar-refractivity contribution in [2.75, 3.05) is 19.7 Å². The van der Waals surface area contributed by atoms with Crippen molar-refractivity contribution >= 4 is 18.0 Å². The third-order valence-electron chi connectivity index (χ3n) is 6.36. The van der Waals surface area contributed by atoms with Crippen molar-refractivity contribution in [3.8, 4) is 6.07 Å². The molecule has 6 heteroatoms. The molecule has 0 bridgehead atoms. The zero-order valence-corrected chi connectivity index (χ0v) is 19.8. The highest BCUT2D eigenvalue weighted by Gasteiger charge is 2.24. The van der Waals surface area contributed by atoms with Crippen LogP contribution in [0.1, 0.15) is 48.7 Å². The Hall–Kier alpha value is -3.33. The van der Waals surface area contributed by atoms with E-state index in [0.29, 0.717) is 19.0 Å². The van der Waals surface area contributed by atoms with Gasteiger partial charge in [0, 0.05) is 31.0 Å². The Morgan fingerprint density at radius 1 is 1.18 bits per heavy atom. The molecule has 3 rings (SSSR count). The number of carbonyl (C=O) groups excluding carboxylic acids is 2. The first-order valence-corrected chi connectivity index (χ1v) is 11.7. The molecular weight excluding hydrogens is 414 g/mol. The van der Waals surface area contributed by atoms with Crippen LogP contribution in [0.15, 0.2) is 42.0 Å². The Morgan fingerprint density at radius 2 is 1.88 bits per heavy atom. The van der Waals surface area contributed by atoms with Gasteiger partial charge in [0.1, 0.15) is 11.6 Å². The quantitative estimate of drug-likeness (QED) is 0.340. The van der Waals surface area contributed by atoms with Gasteiger partial charge in [0.2, 0.25) is 0 Å². The molecule has 0 radical (unpaired) electrons. The lowest BCUT2D eigenvalue weighted by molar-refractivity contribution is -0.149. The molecule has 174 valence electrons. The molecule has 0 N–H and O–H groups in total. The molecule has 0 aliphatic carbocycles. The number of benzene rings is 1. The lowest BCUT2D eigenvalue weighted by atomic mass is 9.90. The normalized spacial score (nSPS) is 14.7. The van der Waals surface area contributed by atoms with E-state index in [-0.39, 0.29) is 18.1 Å². The van der Waals surface area contributed by atoms with Gasteiger partial charge in [-0.05, 0) is 68.7 Å². The van der Waals surface area contributed by atoms with Gasteiger partial charge in [-0.1, -0.05) is 37.3 Å². The number of likely N-dealkylation sites (tertiary alicyclic amines) is 1. The predicted molar refractivity (Wildman–Crippen MR) is 128 cm³/mol. The third-order valence-corrected chi connectivity index (χ3v) is 6.36. The van der Waals surface area contributed by atoms with Crippen LogP contribution in [-0.4, -0.2) is 41.0 Å². The fourth-order valence-corrected chi connectivity index (χ4v) is 4.46. The zero-order chi connectivity index (χ0) is 23.8. The SMILES string of the molecule is CCCn1c(C)cc(/C=C(\C#N)C(=O)OCC(=O)N2CCC(Cc3ccccc3)CC2)c1C. The molecule has 6 nitrogen and oxygen atoms in total. The van der Waals surface area contributed by atoms with Gasteiger partial charge in [-0.25, -0.2) is 4.79 Å². The Kier molecular flexibility index (Phi) is 8.48. The second-order valence-electron chi connectivity index (χ2n) is 8.74. The van der Waals surface area contributed by atoms with Crippen molar-refractivity contribution in [3.63, 3.8) is 0 Å². The second kappa shape index (κ2) is 11.5. The summed E-state index contributed by atoms with van der Waals surface area (Å²) in [5.74, 6) is -0.413. The third kappa shape index (κ3) is 6.35. The highest BCUT2D eigenvalue weighted by Crippen LogP contribution is 2.22. The highest BCUT2D eigenvalue weighted by molar-refractivity contribution is 5.99. The summed E-state index contributed by atoms with van der Waals surface area (Å²) in [6.45, 7) is 7.96. The second-order valence-corrected chi connectivity index (χ2v) is 8.74. The summed E-state index contributed by atoms with van der Waals surface area (Å²) in [6.07, 6.45) is 5.44. The standard InChI is InChI=1S/C27H33N3O3/c1-4-12-30-20(2)15-24(21(30)3)17-25(18-28)27(32)33-19-26(31)29-13-10-23(11-14-29)16-22-8-6-5-7-9-22/h5-9,15,17,23H,4,10-14,16,19H2,1-3H3/b25-17+. The first-order valence-electron chi connectivity index (χ1n) is 11.7. The van der Waals surface area contributed by atoms with Crippen LogP contribution in [0.25, 0.3) is 6.08 Å². The maximum Gasteiger partial charge on any atom is 0.349 e. The fraction of sp³-hybridized carbons (Fsp3) is 0.444. The van der Waals surface area contributed by atoms with Gasteiger partial charge < -0.3 is 14.2 Å². The van der Waals surface area contributed by atoms with Gasteiger partial charge in [-0.15, -0.1) is 0 Å². The number of aryl methyl sites for hydroxylation is 1. The van der Waals surface area contributed by atoms with Gasteiger partial charge in [0.25, 0.3) is 5.91 Å². The monoisotopic (exact) mass is 447 g/mol. The largest absolute Gasteiger partial charge is 0.451 e. The minimum absolute atomic E-state index is 0.0962. The number of hydrogen-bond acceptors (Lipinski definition) is 4. The number of piperidine rings is 1. The van der Waals surface area contributed by atoms with Gasteiger partial charge in [0.15, 0.2) is 6.61 Å². The first kappa shape index (κ1) is 24.3. The number of ether oxygens (including phenoxy) is 1. The highest BCUT2D eigenvalue weighted by atomic mass is 16.5. The number of aromatic nitrogens is 1. The molecule has 0 unspecified atom stereocenters. The Labute approximate surface area is 196 Å². The summed E-state index contributed by atoms with van der Waals surface area (Å²) in [6, 6.07) is 14.3. The summed E-state index contributed by atoms with van der Waals surface area (Å²) in [7, 11) is 0. The van der Waals surface area contributed by atoms with E-state index in [1.54, 1.807) is 11.0 Å². The van der Waals surface area contributed by atoms with Crippen molar-refractivity contribution < 1.29 is 14.3 Å². The van der Waals surface area contributed by atoms with E-state index in [4.69, 9.17) is 4.74 Å². The molecular formula is C27H33N3O3. The average Bonchev–Trinajstić information content (AvgIpc) is 3.09. The molecule has 0 spiro atoms. The number of amides is 1. The summed E-state index contributed by atoms with van der Waals surface area (Å²) in [4.78, 5) is 26.8. The Bertz CT molecular complexity index is 1040. The summed E-state index contributed by atoms with van der Waals surface area (Å²) >= 11 is 0. The van der Waals surface area contributed by atoms with Crippen molar-refractivity contribution in [1.82, 2.24) is 9.47 Å². The van der Waals surface area contributed by atoms with E-state index >= 15 is 0 Å². The van der Waals surface area contributed by atoms with Crippen molar-refractivity contribution in [3.05, 3.63) is 64.5 Å². The first-order chi connectivity index (χ1) is 15.9. The number of carbonyl (C=O) groups is 2. The van der Waals surface area contributed by atoms with Crippen molar-refractivity contribution in [2.24, 2.45) is 5.92 Å². The van der Waals surface area contributed by atoms with Crippen LogP contribution >= 0.6 is 0 Å². The number of hydrogen-bond donors (Lipinski definition) is 0. The van der Waals surface area contributed by atoms with Gasteiger partial charge in [-0.2, -0.15) is 5.26 Å². The van der Waals surface area contributed by atoms with Crippen molar-refractivity contribution in [1.29, 1.82) is 5.26 Å². The van der Waals surface area contributed by atoms with Crippen molar-refractivity contribution in [2.45, 2.75) is 53.0 Å². The van der Waals surface area contributed by atoms with E-state index in [1.807, 2.05) is 32.0 Å². The van der Waals surface area contributed by atoms with Crippen LogP contribution in [0.2, 0.25) is 0 Å². The predicted octanol–water partition coefficient (Wildman–Crippen LogP) is 4.45. The van der Waals surface area contributed by atoms with Crippen LogP contribution < -0.4 is 0 Å². The Morgan fingerprint density at radius 3 is 2.52 bits per heavy atom. The van der Waals surface area contributed by atoms with Crippen LogP contribution in [-0.2, 0) is 27.3 Å². The molecule has 1 aliphatic rings. The van der Waals surface area contributed by atoms with E-state index in [1.165, 1.54) is 5.56 Å². The van der Waals surface area contributed by atoms with Crippen LogP contribution in [0.4, 0.5) is 0 Å². The molecule has 1 aliphatic heterocycles. The number of nitriles is 1. The topological polar surface area (TPSA) is 75.3 Å². The zero-order valence-electron chi connectivity index (χ0n) is 19.8. The number of rotatable bonds is 8. The summed E-state index contributed by atoms with van der Waals surface area (Å²) in [5.41, 5.74) is 4.13. The van der Waals surface area contributed by atoms with E-state index < -0.39 is 5.97 Å². The molecule has 0 saturated carbocycles. The molecule has 1 aromatic heterocycles. The van der Waals surface area contributed by atoms with Gasteiger partial charge >= 0.3 is 5.97 Å². The van der Waals surface area contributed by atoms with E-state index in [0.717, 1.165) is 49.2 Å². The van der Waals surface area contributed by atoms with Crippen LogP contribution in [0.3, 0.4) is 0 Å². The molecule has 1 fully saturated rings. The number of nitrogens with zero attached hydrogens (tertiary/aromatic N) is 3. The minimum atomic E-state index is -0.759. The van der Waals surface area contributed by atoms with Crippen LogP contribution in [0.5, 0.6) is 0 Å². The lowest BCUT2D eigenvalue weighted by Crippen LogP contribution is -2.41. The number of esters is 1. The van der Waals surface area contributed by atoms with Crippen LogP contribution in [0, 0.1) is 31.1 Å². The Balaban J connectivity index is 1.51. The molecule has 1 aromatic carbocycles. The molecule has 1 saturated heterocycles.